The Hall–Kier alpha value is -2.32. The number of hydrogen-bond donors (Lipinski definition) is 2. The summed E-state index contributed by atoms with van der Waals surface area (Å²) in [5.74, 6) is -4.56. The molecule has 0 saturated carbocycles. The first-order chi connectivity index (χ1) is 23.3. The van der Waals surface area contributed by atoms with Gasteiger partial charge in [-0.1, -0.05) is 141 Å². The molecule has 2 N–H and O–H groups in total. The van der Waals surface area contributed by atoms with E-state index in [4.69, 9.17) is 0 Å². The lowest BCUT2D eigenvalue weighted by Crippen LogP contribution is -2.42. The van der Waals surface area contributed by atoms with Gasteiger partial charge in [-0.3, -0.25) is 9.59 Å². The third-order valence-corrected chi connectivity index (χ3v) is 8.50. The molecular weight excluding hydrogens is 608 g/mol. The van der Waals surface area contributed by atoms with Crippen LogP contribution in [0.3, 0.4) is 0 Å². The van der Waals surface area contributed by atoms with E-state index in [0.717, 1.165) is 77.0 Å². The van der Waals surface area contributed by atoms with E-state index in [-0.39, 0.29) is 12.8 Å². The molecule has 0 radical (unpaired) electrons. The van der Waals surface area contributed by atoms with Crippen LogP contribution in [0.1, 0.15) is 194 Å². The van der Waals surface area contributed by atoms with Gasteiger partial charge in [0.05, 0.1) is 0 Å². The van der Waals surface area contributed by atoms with Gasteiger partial charge in [0, 0.05) is 12.8 Å². The molecule has 2 unspecified atom stereocenters. The van der Waals surface area contributed by atoms with Crippen molar-refractivity contribution in [1.82, 2.24) is 0 Å². The summed E-state index contributed by atoms with van der Waals surface area (Å²) in [4.78, 5) is 48.0. The Morgan fingerprint density at radius 3 is 0.958 bits per heavy atom. The Kier molecular flexibility index (Phi) is 32.9. The Morgan fingerprint density at radius 2 is 0.667 bits per heavy atom. The Bertz CT molecular complexity index is 795. The van der Waals surface area contributed by atoms with Crippen LogP contribution in [0.25, 0.3) is 0 Å². The number of hydrogen-bond acceptors (Lipinski definition) is 8. The average Bonchev–Trinajstić information content (AvgIpc) is 3.07. The molecular formula is C40H70O8. The van der Waals surface area contributed by atoms with Gasteiger partial charge in [0.2, 0.25) is 0 Å². The van der Waals surface area contributed by atoms with E-state index < -0.39 is 36.1 Å². The van der Waals surface area contributed by atoms with Crippen molar-refractivity contribution in [3.63, 3.8) is 0 Å². The number of aliphatic hydroxyl groups excluding tert-OH is 2. The van der Waals surface area contributed by atoms with Crippen LogP contribution in [0.15, 0.2) is 24.3 Å². The molecule has 0 amide bonds. The van der Waals surface area contributed by atoms with Crippen LogP contribution in [-0.2, 0) is 28.7 Å². The van der Waals surface area contributed by atoms with Crippen LogP contribution in [0, 0.1) is 0 Å². The summed E-state index contributed by atoms with van der Waals surface area (Å²) in [5, 5.41) is 19.9. The monoisotopic (exact) mass is 679 g/mol. The fourth-order valence-electron chi connectivity index (χ4n) is 5.39. The van der Waals surface area contributed by atoms with Crippen LogP contribution in [0.4, 0.5) is 0 Å². The second-order valence-electron chi connectivity index (χ2n) is 13.1. The second-order valence-corrected chi connectivity index (χ2v) is 13.1. The molecule has 8 heteroatoms. The number of ether oxygens (including phenoxy) is 2. The standard InChI is InChI=1S/C40H70O8/c1-3-5-7-9-11-13-15-17-19-21-23-25-27-29-31-33-35(41)47-39(45)37(43)38(44)40(46)48-36(42)34-32-30-28-26-24-22-20-18-16-14-12-10-8-6-4-2/h17-20,37-38,43-44H,3-16,21-34H2,1-2H3/b19-17-,20-18-. The van der Waals surface area contributed by atoms with Crippen LogP contribution >= 0.6 is 0 Å². The number of unbranched alkanes of at least 4 members (excludes halogenated alkanes) is 22. The van der Waals surface area contributed by atoms with Crippen molar-refractivity contribution < 1.29 is 38.9 Å². The molecule has 0 aromatic rings. The van der Waals surface area contributed by atoms with E-state index in [1.54, 1.807) is 0 Å². The summed E-state index contributed by atoms with van der Waals surface area (Å²) in [5.41, 5.74) is 0. The van der Waals surface area contributed by atoms with Crippen molar-refractivity contribution in [2.24, 2.45) is 0 Å². The SMILES string of the molecule is CCCCCCCC/C=C\CCCCCCCC(=O)OC(=O)C(O)C(O)C(=O)OC(=O)CCCCCCC/C=C\CCCCCCCC. The number of carbonyl (C=O) groups excluding carboxylic acids is 4. The normalized spacial score (nSPS) is 12.8. The highest BCUT2D eigenvalue weighted by Gasteiger charge is 2.35. The van der Waals surface area contributed by atoms with Gasteiger partial charge in [-0.05, 0) is 64.2 Å². The first-order valence-corrected chi connectivity index (χ1v) is 19.5. The predicted octanol–water partition coefficient (Wildman–Crippen LogP) is 9.92. The largest absolute Gasteiger partial charge is 0.391 e. The number of rotatable bonds is 33. The fourth-order valence-corrected chi connectivity index (χ4v) is 5.39. The first kappa shape index (κ1) is 45.7. The summed E-state index contributed by atoms with van der Waals surface area (Å²) >= 11 is 0. The Balaban J connectivity index is 3.82. The molecule has 278 valence electrons. The molecule has 0 aliphatic heterocycles. The lowest BCUT2D eigenvalue weighted by molar-refractivity contribution is -0.180. The highest BCUT2D eigenvalue weighted by Crippen LogP contribution is 2.13. The molecule has 0 heterocycles. The number of carbonyl (C=O) groups is 4. The van der Waals surface area contributed by atoms with E-state index in [2.05, 4.69) is 47.6 Å². The second kappa shape index (κ2) is 34.5. The maximum Gasteiger partial charge on any atom is 0.346 e. The topological polar surface area (TPSA) is 127 Å². The number of esters is 4. The number of aliphatic hydroxyl groups is 2. The number of allylic oxidation sites excluding steroid dienone is 4. The molecule has 2 atom stereocenters. The van der Waals surface area contributed by atoms with Crippen LogP contribution < -0.4 is 0 Å². The third-order valence-electron chi connectivity index (χ3n) is 8.50. The zero-order chi connectivity index (χ0) is 35.5. The summed E-state index contributed by atoms with van der Waals surface area (Å²) in [6.07, 6.45) is 33.4. The highest BCUT2D eigenvalue weighted by molar-refractivity contribution is 5.94. The summed E-state index contributed by atoms with van der Waals surface area (Å²) in [6.45, 7) is 4.46. The zero-order valence-electron chi connectivity index (χ0n) is 30.6. The Morgan fingerprint density at radius 1 is 0.417 bits per heavy atom. The molecule has 0 rings (SSSR count). The maximum absolute atomic E-state index is 12.0. The molecule has 0 bridgehead atoms. The van der Waals surface area contributed by atoms with Gasteiger partial charge in [-0.2, -0.15) is 0 Å². The summed E-state index contributed by atoms with van der Waals surface area (Å²) in [6, 6.07) is 0. The van der Waals surface area contributed by atoms with Crippen LogP contribution in [-0.4, -0.2) is 46.3 Å². The summed E-state index contributed by atoms with van der Waals surface area (Å²) < 4.78 is 9.15. The lowest BCUT2D eigenvalue weighted by atomic mass is 10.1. The molecule has 8 nitrogen and oxygen atoms in total. The van der Waals surface area contributed by atoms with E-state index >= 15 is 0 Å². The average molecular weight is 679 g/mol. The van der Waals surface area contributed by atoms with E-state index in [1.165, 1.54) is 77.0 Å². The van der Waals surface area contributed by atoms with Crippen LogP contribution in [0.2, 0.25) is 0 Å². The molecule has 0 spiro atoms. The van der Waals surface area contributed by atoms with Crippen molar-refractivity contribution in [3.8, 4) is 0 Å². The van der Waals surface area contributed by atoms with Crippen molar-refractivity contribution in [3.05, 3.63) is 24.3 Å². The minimum Gasteiger partial charge on any atom is -0.391 e. The van der Waals surface area contributed by atoms with Crippen molar-refractivity contribution in [2.45, 2.75) is 206 Å². The van der Waals surface area contributed by atoms with E-state index in [9.17, 15) is 29.4 Å². The molecule has 0 aromatic carbocycles. The summed E-state index contributed by atoms with van der Waals surface area (Å²) in [7, 11) is 0. The minimum absolute atomic E-state index is 0.00833. The van der Waals surface area contributed by atoms with Gasteiger partial charge < -0.3 is 19.7 Å². The lowest BCUT2D eigenvalue weighted by Gasteiger charge is -2.14. The van der Waals surface area contributed by atoms with Gasteiger partial charge in [-0.25, -0.2) is 9.59 Å². The molecule has 0 fully saturated rings. The van der Waals surface area contributed by atoms with Gasteiger partial charge in [0.15, 0.2) is 12.2 Å². The molecule has 0 aromatic heterocycles. The van der Waals surface area contributed by atoms with Gasteiger partial charge in [0.1, 0.15) is 0 Å². The zero-order valence-corrected chi connectivity index (χ0v) is 30.6. The minimum atomic E-state index is -2.32. The smallest absolute Gasteiger partial charge is 0.346 e. The molecule has 48 heavy (non-hydrogen) atoms. The van der Waals surface area contributed by atoms with Gasteiger partial charge in [-0.15, -0.1) is 0 Å². The maximum atomic E-state index is 12.0. The molecule has 0 saturated heterocycles. The van der Waals surface area contributed by atoms with E-state index in [1.807, 2.05) is 0 Å². The molecule has 0 aliphatic rings. The van der Waals surface area contributed by atoms with Crippen molar-refractivity contribution >= 4 is 23.9 Å². The fraction of sp³-hybridized carbons (Fsp3) is 0.800. The van der Waals surface area contributed by atoms with E-state index in [0.29, 0.717) is 12.8 Å². The van der Waals surface area contributed by atoms with Gasteiger partial charge >= 0.3 is 23.9 Å². The predicted molar refractivity (Wildman–Crippen MR) is 193 cm³/mol. The van der Waals surface area contributed by atoms with Crippen molar-refractivity contribution in [2.75, 3.05) is 0 Å². The van der Waals surface area contributed by atoms with Crippen molar-refractivity contribution in [1.29, 1.82) is 0 Å². The quantitative estimate of drug-likeness (QED) is 0.0304. The molecule has 0 aliphatic carbocycles. The first-order valence-electron chi connectivity index (χ1n) is 19.5. The third kappa shape index (κ3) is 29.8. The Labute approximate surface area is 292 Å². The van der Waals surface area contributed by atoms with Gasteiger partial charge in [0.25, 0.3) is 0 Å². The highest BCUT2D eigenvalue weighted by atomic mass is 16.6. The van der Waals surface area contributed by atoms with Crippen LogP contribution in [0.5, 0.6) is 0 Å².